The minimum absolute atomic E-state index is 0.0183. The van der Waals surface area contributed by atoms with E-state index in [1.807, 2.05) is 47.6 Å². The number of aromatic nitrogens is 2. The highest BCUT2D eigenvalue weighted by atomic mass is 16.2. The number of anilines is 1. The number of fused-ring (bicyclic) bond motifs is 1. The molecule has 1 aliphatic rings. The molecule has 0 unspecified atom stereocenters. The number of rotatable bonds is 3. The number of amides is 1. The summed E-state index contributed by atoms with van der Waals surface area (Å²) in [7, 11) is 0. The van der Waals surface area contributed by atoms with Gasteiger partial charge in [-0.25, -0.2) is 4.98 Å². The van der Waals surface area contributed by atoms with Gasteiger partial charge in [0.25, 0.3) is 0 Å². The zero-order valence-electron chi connectivity index (χ0n) is 16.3. The predicted octanol–water partition coefficient (Wildman–Crippen LogP) is 2.36. The molecular formula is C22H24N4O2. The van der Waals surface area contributed by atoms with Crippen molar-refractivity contribution in [2.45, 2.75) is 20.4 Å². The number of piperazine rings is 1. The highest BCUT2D eigenvalue weighted by Crippen LogP contribution is 2.19. The third-order valence-electron chi connectivity index (χ3n) is 5.39. The van der Waals surface area contributed by atoms with Gasteiger partial charge in [-0.2, -0.15) is 0 Å². The lowest BCUT2D eigenvalue weighted by atomic mass is 10.2. The minimum atomic E-state index is -0.0183. The van der Waals surface area contributed by atoms with E-state index in [1.54, 1.807) is 12.1 Å². The number of pyridine rings is 2. The summed E-state index contributed by atoms with van der Waals surface area (Å²) >= 11 is 0. The molecule has 1 aliphatic heterocycles. The van der Waals surface area contributed by atoms with Crippen molar-refractivity contribution in [1.82, 2.24) is 14.5 Å². The molecule has 3 heterocycles. The van der Waals surface area contributed by atoms with E-state index in [2.05, 4.69) is 17.0 Å². The van der Waals surface area contributed by atoms with E-state index in [0.29, 0.717) is 13.1 Å². The fraction of sp³-hybridized carbons (Fsp3) is 0.318. The van der Waals surface area contributed by atoms with Crippen molar-refractivity contribution in [3.63, 3.8) is 0 Å². The molecule has 0 saturated carbocycles. The number of carbonyl (C=O) groups excluding carboxylic acids is 1. The Balaban J connectivity index is 1.42. The Labute approximate surface area is 164 Å². The van der Waals surface area contributed by atoms with E-state index in [1.165, 1.54) is 0 Å². The summed E-state index contributed by atoms with van der Waals surface area (Å²) in [5.41, 5.74) is 2.60. The lowest BCUT2D eigenvalue weighted by molar-refractivity contribution is -0.132. The maximum Gasteiger partial charge on any atom is 0.242 e. The van der Waals surface area contributed by atoms with Gasteiger partial charge >= 0.3 is 0 Å². The average molecular weight is 376 g/mol. The standard InChI is InChI=1S/C22H24N4O2/c1-16-13-19(27)14-17(2)26(16)15-22(28)25-11-9-24(10-12-25)21-8-7-18-5-3-4-6-20(18)23-21/h3-8,13-14H,9-12,15H2,1-2H3. The first kappa shape index (κ1) is 18.2. The van der Waals surface area contributed by atoms with E-state index in [-0.39, 0.29) is 17.9 Å². The summed E-state index contributed by atoms with van der Waals surface area (Å²) in [6.07, 6.45) is 0. The lowest BCUT2D eigenvalue weighted by Gasteiger charge is -2.35. The zero-order chi connectivity index (χ0) is 19.7. The summed E-state index contributed by atoms with van der Waals surface area (Å²) < 4.78 is 1.90. The van der Waals surface area contributed by atoms with Gasteiger partial charge in [0.2, 0.25) is 5.91 Å². The van der Waals surface area contributed by atoms with Crippen LogP contribution in [0, 0.1) is 13.8 Å². The number of hydrogen-bond donors (Lipinski definition) is 0. The predicted molar refractivity (Wildman–Crippen MR) is 111 cm³/mol. The van der Waals surface area contributed by atoms with Crippen molar-refractivity contribution in [3.05, 3.63) is 70.1 Å². The third kappa shape index (κ3) is 3.63. The van der Waals surface area contributed by atoms with Crippen molar-refractivity contribution < 1.29 is 4.79 Å². The van der Waals surface area contributed by atoms with Crippen molar-refractivity contribution in [1.29, 1.82) is 0 Å². The van der Waals surface area contributed by atoms with Crippen molar-refractivity contribution >= 4 is 22.6 Å². The molecule has 0 radical (unpaired) electrons. The molecule has 0 aliphatic carbocycles. The van der Waals surface area contributed by atoms with Crippen LogP contribution in [0.5, 0.6) is 0 Å². The van der Waals surface area contributed by atoms with Crippen LogP contribution < -0.4 is 10.3 Å². The van der Waals surface area contributed by atoms with E-state index < -0.39 is 0 Å². The zero-order valence-corrected chi connectivity index (χ0v) is 16.3. The Kier molecular flexibility index (Phi) is 4.86. The van der Waals surface area contributed by atoms with Gasteiger partial charge in [0.15, 0.2) is 5.43 Å². The maximum atomic E-state index is 12.8. The Morgan fingerprint density at radius 2 is 1.64 bits per heavy atom. The summed E-state index contributed by atoms with van der Waals surface area (Å²) in [4.78, 5) is 33.2. The molecule has 1 amide bonds. The van der Waals surface area contributed by atoms with Crippen molar-refractivity contribution in [2.24, 2.45) is 0 Å². The van der Waals surface area contributed by atoms with Gasteiger partial charge in [0, 0.05) is 55.1 Å². The third-order valence-corrected chi connectivity index (χ3v) is 5.39. The summed E-state index contributed by atoms with van der Waals surface area (Å²) in [5, 5.41) is 1.13. The molecule has 3 aromatic rings. The van der Waals surface area contributed by atoms with Crippen molar-refractivity contribution in [2.75, 3.05) is 31.1 Å². The topological polar surface area (TPSA) is 58.4 Å². The van der Waals surface area contributed by atoms with E-state index >= 15 is 0 Å². The fourth-order valence-electron chi connectivity index (χ4n) is 3.79. The fourth-order valence-corrected chi connectivity index (χ4v) is 3.79. The molecule has 4 rings (SSSR count). The van der Waals surface area contributed by atoms with Crippen LogP contribution in [0.1, 0.15) is 11.4 Å². The van der Waals surface area contributed by atoms with Crippen molar-refractivity contribution in [3.8, 4) is 0 Å². The Bertz CT molecular complexity index is 1060. The molecule has 144 valence electrons. The summed E-state index contributed by atoms with van der Waals surface area (Å²) in [6.45, 7) is 6.87. The number of carbonyl (C=O) groups is 1. The monoisotopic (exact) mass is 376 g/mol. The van der Waals surface area contributed by atoms with Crippen LogP contribution in [0.2, 0.25) is 0 Å². The van der Waals surface area contributed by atoms with Gasteiger partial charge < -0.3 is 14.4 Å². The molecule has 6 nitrogen and oxygen atoms in total. The smallest absolute Gasteiger partial charge is 0.242 e. The number of nitrogens with zero attached hydrogens (tertiary/aromatic N) is 4. The number of benzene rings is 1. The summed E-state index contributed by atoms with van der Waals surface area (Å²) in [6, 6.07) is 15.4. The average Bonchev–Trinajstić information content (AvgIpc) is 2.70. The molecule has 28 heavy (non-hydrogen) atoms. The van der Waals surface area contributed by atoms with Crippen LogP contribution in [0.4, 0.5) is 5.82 Å². The van der Waals surface area contributed by atoms with E-state index in [4.69, 9.17) is 4.98 Å². The van der Waals surface area contributed by atoms with Crippen LogP contribution in [-0.2, 0) is 11.3 Å². The molecule has 0 spiro atoms. The molecule has 1 fully saturated rings. The second-order valence-corrected chi connectivity index (χ2v) is 7.29. The lowest BCUT2D eigenvalue weighted by Crippen LogP contribution is -2.50. The molecule has 0 atom stereocenters. The first-order valence-electron chi connectivity index (χ1n) is 9.58. The number of aryl methyl sites for hydroxylation is 2. The van der Waals surface area contributed by atoms with Crippen LogP contribution in [0.3, 0.4) is 0 Å². The maximum absolute atomic E-state index is 12.8. The quantitative estimate of drug-likeness (QED) is 0.704. The largest absolute Gasteiger partial charge is 0.353 e. The first-order chi connectivity index (χ1) is 13.5. The van der Waals surface area contributed by atoms with Gasteiger partial charge in [-0.1, -0.05) is 18.2 Å². The summed E-state index contributed by atoms with van der Waals surface area (Å²) in [5.74, 6) is 1.04. The van der Waals surface area contributed by atoms with Crippen LogP contribution in [-0.4, -0.2) is 46.5 Å². The molecule has 1 aromatic carbocycles. The minimum Gasteiger partial charge on any atom is -0.353 e. The normalized spacial score (nSPS) is 14.5. The van der Waals surface area contributed by atoms with Gasteiger partial charge in [0.05, 0.1) is 5.52 Å². The highest BCUT2D eigenvalue weighted by molar-refractivity contribution is 5.80. The van der Waals surface area contributed by atoms with E-state index in [0.717, 1.165) is 41.2 Å². The Morgan fingerprint density at radius 1 is 0.964 bits per heavy atom. The second kappa shape index (κ2) is 7.46. The van der Waals surface area contributed by atoms with Gasteiger partial charge in [-0.05, 0) is 32.0 Å². The molecule has 6 heteroatoms. The second-order valence-electron chi connectivity index (χ2n) is 7.29. The number of hydrogen-bond acceptors (Lipinski definition) is 4. The molecule has 1 saturated heterocycles. The van der Waals surface area contributed by atoms with Crippen LogP contribution in [0.25, 0.3) is 10.9 Å². The molecular weight excluding hydrogens is 352 g/mol. The van der Waals surface area contributed by atoms with E-state index in [9.17, 15) is 9.59 Å². The van der Waals surface area contributed by atoms with Gasteiger partial charge in [-0.3, -0.25) is 9.59 Å². The van der Waals surface area contributed by atoms with Gasteiger partial charge in [-0.15, -0.1) is 0 Å². The van der Waals surface area contributed by atoms with Crippen LogP contribution in [0.15, 0.2) is 53.3 Å². The van der Waals surface area contributed by atoms with Crippen LogP contribution >= 0.6 is 0 Å². The highest BCUT2D eigenvalue weighted by Gasteiger charge is 2.22. The molecule has 2 aromatic heterocycles. The first-order valence-corrected chi connectivity index (χ1v) is 9.58. The van der Waals surface area contributed by atoms with Gasteiger partial charge in [0.1, 0.15) is 12.4 Å². The Morgan fingerprint density at radius 3 is 2.36 bits per heavy atom. The molecule has 0 bridgehead atoms. The number of para-hydroxylation sites is 1. The SMILES string of the molecule is Cc1cc(=O)cc(C)n1CC(=O)N1CCN(c2ccc3ccccc3n2)CC1. The molecule has 0 N–H and O–H groups in total. The Hall–Kier alpha value is -3.15.